The van der Waals surface area contributed by atoms with E-state index in [0.29, 0.717) is 23.7 Å². The lowest BCUT2D eigenvalue weighted by atomic mass is 10.0. The van der Waals surface area contributed by atoms with Crippen LogP contribution in [0, 0.1) is 12.8 Å². The van der Waals surface area contributed by atoms with Crippen molar-refractivity contribution in [2.24, 2.45) is 11.1 Å². The molecule has 0 radical (unpaired) electrons. The average Bonchev–Trinajstić information content (AvgIpc) is 3.11. The summed E-state index contributed by atoms with van der Waals surface area (Å²) in [4.78, 5) is 21.9. The van der Waals surface area contributed by atoms with Gasteiger partial charge >= 0.3 is 0 Å². The predicted octanol–water partition coefficient (Wildman–Crippen LogP) is 1.57. The third-order valence-electron chi connectivity index (χ3n) is 3.64. The third-order valence-corrected chi connectivity index (χ3v) is 3.64. The van der Waals surface area contributed by atoms with E-state index in [-0.39, 0.29) is 12.0 Å². The van der Waals surface area contributed by atoms with Gasteiger partial charge in [0.05, 0.1) is 18.5 Å². The van der Waals surface area contributed by atoms with Gasteiger partial charge in [-0.1, -0.05) is 19.0 Å². The highest BCUT2D eigenvalue weighted by atomic mass is 16.6. The van der Waals surface area contributed by atoms with Crippen molar-refractivity contribution in [3.63, 3.8) is 0 Å². The second-order valence-corrected chi connectivity index (χ2v) is 5.84. The van der Waals surface area contributed by atoms with Crippen molar-refractivity contribution >= 4 is 17.3 Å². The zero-order valence-electron chi connectivity index (χ0n) is 12.9. The fourth-order valence-corrected chi connectivity index (χ4v) is 2.33. The summed E-state index contributed by atoms with van der Waals surface area (Å²) in [6.07, 6.45) is 5.74. The van der Waals surface area contributed by atoms with Crippen LogP contribution in [0.15, 0.2) is 23.7 Å². The molecule has 7 heteroatoms. The largest absolute Gasteiger partial charge is 0.390 e. The van der Waals surface area contributed by atoms with E-state index >= 15 is 0 Å². The van der Waals surface area contributed by atoms with Gasteiger partial charge in [0.15, 0.2) is 5.65 Å². The maximum atomic E-state index is 12.3. The Bertz CT molecular complexity index is 735. The quantitative estimate of drug-likeness (QED) is 0.929. The van der Waals surface area contributed by atoms with Gasteiger partial charge in [0.2, 0.25) is 0 Å². The van der Waals surface area contributed by atoms with E-state index in [1.807, 2.05) is 13.1 Å². The van der Waals surface area contributed by atoms with Crippen LogP contribution in [0.5, 0.6) is 0 Å². The van der Waals surface area contributed by atoms with E-state index in [9.17, 15) is 4.79 Å². The molecule has 1 N–H and O–H groups in total. The molecule has 0 aliphatic carbocycles. The highest BCUT2D eigenvalue weighted by Crippen LogP contribution is 2.15. The van der Waals surface area contributed by atoms with Gasteiger partial charge in [0.1, 0.15) is 11.7 Å². The molecule has 22 heavy (non-hydrogen) atoms. The summed E-state index contributed by atoms with van der Waals surface area (Å²) in [5, 5.41) is 11.1. The van der Waals surface area contributed by atoms with Gasteiger partial charge in [0.25, 0.3) is 5.91 Å². The number of carbonyl (C=O) groups is 1. The van der Waals surface area contributed by atoms with Crippen molar-refractivity contribution in [2.45, 2.75) is 33.3 Å². The Morgan fingerprint density at radius 2 is 2.32 bits per heavy atom. The van der Waals surface area contributed by atoms with Gasteiger partial charge in [-0.2, -0.15) is 5.10 Å². The van der Waals surface area contributed by atoms with E-state index in [0.717, 1.165) is 17.7 Å². The minimum absolute atomic E-state index is 0.0987. The summed E-state index contributed by atoms with van der Waals surface area (Å²) in [5.74, 6) is 0.167. The normalized spacial score (nSPS) is 17.6. The molecule has 1 aliphatic heterocycles. The molecule has 0 spiro atoms. The average molecular weight is 301 g/mol. The number of hydrogen-bond acceptors (Lipinski definition) is 5. The highest BCUT2D eigenvalue weighted by Gasteiger charge is 2.24. The predicted molar refractivity (Wildman–Crippen MR) is 81.8 cm³/mol. The van der Waals surface area contributed by atoms with Gasteiger partial charge in [-0.05, 0) is 18.4 Å². The number of aryl methyl sites for hydroxylation is 1. The molecule has 1 atom stereocenters. The van der Waals surface area contributed by atoms with E-state index in [1.54, 1.807) is 10.7 Å². The van der Waals surface area contributed by atoms with Crippen molar-refractivity contribution in [1.29, 1.82) is 0 Å². The molecule has 0 bridgehead atoms. The van der Waals surface area contributed by atoms with E-state index < -0.39 is 0 Å². The molecular formula is C15H19N5O2. The zero-order valence-corrected chi connectivity index (χ0v) is 12.9. The molecule has 7 nitrogen and oxygen atoms in total. The first kappa shape index (κ1) is 14.5. The summed E-state index contributed by atoms with van der Waals surface area (Å²) in [6.45, 7) is 6.50. The van der Waals surface area contributed by atoms with Crippen molar-refractivity contribution in [3.8, 4) is 0 Å². The molecule has 3 heterocycles. The molecule has 0 saturated carbocycles. The Morgan fingerprint density at radius 1 is 1.50 bits per heavy atom. The first-order valence-electron chi connectivity index (χ1n) is 7.35. The zero-order chi connectivity index (χ0) is 15.7. The Balaban J connectivity index is 1.63. The number of rotatable bonds is 4. The maximum Gasteiger partial charge on any atom is 0.256 e. The first-order chi connectivity index (χ1) is 10.5. The van der Waals surface area contributed by atoms with Crippen molar-refractivity contribution < 1.29 is 9.63 Å². The lowest BCUT2D eigenvalue weighted by Crippen LogP contribution is -2.32. The lowest BCUT2D eigenvalue weighted by molar-refractivity contribution is 0.0754. The van der Waals surface area contributed by atoms with Crippen LogP contribution in [0.3, 0.4) is 0 Å². The smallest absolute Gasteiger partial charge is 0.256 e. The van der Waals surface area contributed by atoms with Crippen LogP contribution in [0.1, 0.15) is 36.2 Å². The van der Waals surface area contributed by atoms with Gasteiger partial charge < -0.3 is 10.2 Å². The molecule has 1 aliphatic rings. The molecule has 0 aromatic carbocycles. The van der Waals surface area contributed by atoms with Crippen LogP contribution in [-0.4, -0.2) is 38.9 Å². The summed E-state index contributed by atoms with van der Waals surface area (Å²) < 4.78 is 1.61. The first-order valence-corrected chi connectivity index (χ1v) is 7.35. The number of hydrogen-bond donors (Lipinski definition) is 1. The van der Waals surface area contributed by atoms with E-state index in [4.69, 9.17) is 4.84 Å². The minimum Gasteiger partial charge on any atom is -0.390 e. The van der Waals surface area contributed by atoms with E-state index in [2.05, 4.69) is 34.4 Å². The summed E-state index contributed by atoms with van der Waals surface area (Å²) in [7, 11) is 0. The number of nitrogens with one attached hydrogen (secondary N) is 1. The Kier molecular flexibility index (Phi) is 3.79. The van der Waals surface area contributed by atoms with Crippen LogP contribution < -0.4 is 5.32 Å². The number of amides is 1. The molecule has 0 fully saturated rings. The second kappa shape index (κ2) is 5.75. The Hall–Kier alpha value is -2.44. The van der Waals surface area contributed by atoms with Crippen LogP contribution in [-0.2, 0) is 4.84 Å². The molecule has 0 unspecified atom stereocenters. The van der Waals surface area contributed by atoms with Crippen LogP contribution in [0.25, 0.3) is 5.65 Å². The van der Waals surface area contributed by atoms with E-state index in [1.165, 1.54) is 6.20 Å². The van der Waals surface area contributed by atoms with Gasteiger partial charge in [-0.25, -0.2) is 9.50 Å². The monoisotopic (exact) mass is 301 g/mol. The fraction of sp³-hybridized carbons (Fsp3) is 0.467. The number of nitrogens with zero attached hydrogens (tertiary/aromatic N) is 4. The fourth-order valence-electron chi connectivity index (χ4n) is 2.33. The third kappa shape index (κ3) is 2.79. The van der Waals surface area contributed by atoms with Gasteiger partial charge in [-0.3, -0.25) is 4.79 Å². The number of oxime groups is 1. The molecule has 116 valence electrons. The molecule has 3 rings (SSSR count). The minimum atomic E-state index is -0.201. The van der Waals surface area contributed by atoms with Crippen LogP contribution in [0.4, 0.5) is 0 Å². The SMILES string of the molecule is Cc1cnc2c(C(=O)NC[C@H]3CC(C(C)C)=NO3)cnn2c1. The summed E-state index contributed by atoms with van der Waals surface area (Å²) >= 11 is 0. The standard InChI is InChI=1S/C15H19N5O2/c1-9(2)13-4-11(22-19-13)6-17-15(21)12-7-18-20-8-10(3)5-16-14(12)20/h5,7-9,11H,4,6H2,1-3H3,(H,17,21)/t11-/m1/s1. The maximum absolute atomic E-state index is 12.3. The van der Waals surface area contributed by atoms with Gasteiger partial charge in [-0.15, -0.1) is 0 Å². The van der Waals surface area contributed by atoms with Gasteiger partial charge in [0, 0.05) is 18.8 Å². The second-order valence-electron chi connectivity index (χ2n) is 5.84. The van der Waals surface area contributed by atoms with Crippen molar-refractivity contribution in [1.82, 2.24) is 19.9 Å². The summed E-state index contributed by atoms with van der Waals surface area (Å²) in [6, 6.07) is 0. The highest BCUT2D eigenvalue weighted by molar-refractivity contribution is 5.99. The molecule has 1 amide bonds. The Morgan fingerprint density at radius 3 is 3.05 bits per heavy atom. The molecular weight excluding hydrogens is 282 g/mol. The molecule has 2 aromatic rings. The van der Waals surface area contributed by atoms with Crippen LogP contribution >= 0.6 is 0 Å². The van der Waals surface area contributed by atoms with Crippen LogP contribution in [0.2, 0.25) is 0 Å². The molecule has 2 aromatic heterocycles. The number of aromatic nitrogens is 3. The van der Waals surface area contributed by atoms with Crippen molar-refractivity contribution in [3.05, 3.63) is 29.7 Å². The lowest BCUT2D eigenvalue weighted by Gasteiger charge is -2.09. The van der Waals surface area contributed by atoms with Crippen molar-refractivity contribution in [2.75, 3.05) is 6.54 Å². The number of carbonyl (C=O) groups excluding carboxylic acids is 1. The topological polar surface area (TPSA) is 80.9 Å². The Labute approximate surface area is 128 Å². The number of fused-ring (bicyclic) bond motifs is 1. The molecule has 0 saturated heterocycles. The summed E-state index contributed by atoms with van der Waals surface area (Å²) in [5.41, 5.74) is 3.03.